The lowest BCUT2D eigenvalue weighted by atomic mass is 10.2. The Bertz CT molecular complexity index is 245. The monoisotopic (exact) mass is 221 g/mol. The highest BCUT2D eigenvalue weighted by Gasteiger charge is 1.98. The van der Waals surface area contributed by atoms with E-state index in [1.165, 1.54) is 0 Å². The van der Waals surface area contributed by atoms with Gasteiger partial charge in [0.2, 0.25) is 0 Å². The third-order valence-electron chi connectivity index (χ3n) is 1.45. The predicted octanol–water partition coefficient (Wildman–Crippen LogP) is 3.25. The lowest BCUT2D eigenvalue weighted by Crippen LogP contribution is -1.88. The fourth-order valence-corrected chi connectivity index (χ4v) is 1.61. The molecule has 0 spiro atoms. The molecule has 12 heavy (non-hydrogen) atoms. The fraction of sp³-hybridized carbons (Fsp3) is 0.375. The zero-order valence-corrected chi connectivity index (χ0v) is 8.83. The van der Waals surface area contributed by atoms with Gasteiger partial charge < -0.3 is 0 Å². The molecular weight excluding hydrogens is 213 g/mol. The van der Waals surface area contributed by atoms with E-state index >= 15 is 0 Å². The van der Waals surface area contributed by atoms with E-state index < -0.39 is 0 Å². The van der Waals surface area contributed by atoms with E-state index in [1.54, 1.807) is 0 Å². The highest BCUT2D eigenvalue weighted by molar-refractivity contribution is 7.80. The van der Waals surface area contributed by atoms with E-state index in [4.69, 9.17) is 23.2 Å². The van der Waals surface area contributed by atoms with E-state index in [2.05, 4.69) is 17.6 Å². The molecular formula is C8H9Cl2NS. The Morgan fingerprint density at radius 1 is 1.25 bits per heavy atom. The summed E-state index contributed by atoms with van der Waals surface area (Å²) in [4.78, 5) is 3.85. The van der Waals surface area contributed by atoms with Crippen LogP contribution in [0.4, 0.5) is 0 Å². The summed E-state index contributed by atoms with van der Waals surface area (Å²) in [7, 11) is 0. The van der Waals surface area contributed by atoms with Crippen LogP contribution in [0.25, 0.3) is 0 Å². The van der Waals surface area contributed by atoms with Crippen molar-refractivity contribution in [1.29, 1.82) is 0 Å². The molecule has 1 nitrogen and oxygen atoms in total. The molecule has 0 aromatic carbocycles. The van der Waals surface area contributed by atoms with Crippen LogP contribution in [0.2, 0.25) is 10.3 Å². The summed E-state index contributed by atoms with van der Waals surface area (Å²) in [6.07, 6.45) is 1.98. The van der Waals surface area contributed by atoms with E-state index in [9.17, 15) is 0 Å². The molecule has 0 saturated heterocycles. The van der Waals surface area contributed by atoms with Crippen LogP contribution in [-0.4, -0.2) is 10.7 Å². The molecule has 4 heteroatoms. The minimum Gasteiger partial charge on any atom is -0.224 e. The molecule has 1 rings (SSSR count). The predicted molar refractivity (Wildman–Crippen MR) is 56.4 cm³/mol. The Labute approximate surface area is 87.5 Å². The third kappa shape index (κ3) is 3.21. The number of aromatic nitrogens is 1. The molecule has 0 aliphatic heterocycles. The molecule has 0 amide bonds. The first-order valence-electron chi connectivity index (χ1n) is 3.65. The first-order chi connectivity index (χ1) is 5.72. The summed E-state index contributed by atoms with van der Waals surface area (Å²) in [6.45, 7) is 0. The molecule has 66 valence electrons. The normalized spacial score (nSPS) is 10.2. The Kier molecular flexibility index (Phi) is 4.19. The van der Waals surface area contributed by atoms with Crippen LogP contribution in [0, 0.1) is 0 Å². The second-order valence-electron chi connectivity index (χ2n) is 2.45. The van der Waals surface area contributed by atoms with Gasteiger partial charge in [-0.15, -0.1) is 0 Å². The van der Waals surface area contributed by atoms with Gasteiger partial charge in [-0.1, -0.05) is 23.2 Å². The molecule has 0 saturated carbocycles. The number of aryl methyl sites for hydroxylation is 1. The van der Waals surface area contributed by atoms with Crippen molar-refractivity contribution in [2.75, 3.05) is 5.75 Å². The Morgan fingerprint density at radius 3 is 2.33 bits per heavy atom. The van der Waals surface area contributed by atoms with Gasteiger partial charge in [-0.3, -0.25) is 0 Å². The van der Waals surface area contributed by atoms with Gasteiger partial charge in [0.1, 0.15) is 10.3 Å². The van der Waals surface area contributed by atoms with Crippen molar-refractivity contribution in [2.45, 2.75) is 12.8 Å². The maximum atomic E-state index is 5.71. The van der Waals surface area contributed by atoms with Crippen LogP contribution in [-0.2, 0) is 6.42 Å². The lowest BCUT2D eigenvalue weighted by Gasteiger charge is -2.00. The summed E-state index contributed by atoms with van der Waals surface area (Å²) in [5.41, 5.74) is 1.12. The summed E-state index contributed by atoms with van der Waals surface area (Å²) >= 11 is 15.5. The van der Waals surface area contributed by atoms with Gasteiger partial charge in [-0.05, 0) is 36.3 Å². The van der Waals surface area contributed by atoms with Crippen molar-refractivity contribution in [3.05, 3.63) is 28.0 Å². The van der Waals surface area contributed by atoms with Crippen molar-refractivity contribution in [3.63, 3.8) is 0 Å². The highest BCUT2D eigenvalue weighted by atomic mass is 35.5. The number of nitrogens with zero attached hydrogens (tertiary/aromatic N) is 1. The Hall–Kier alpha value is 0.0800. The minimum absolute atomic E-state index is 0.455. The quantitative estimate of drug-likeness (QED) is 0.611. The number of hydrogen-bond donors (Lipinski definition) is 1. The average molecular weight is 222 g/mol. The van der Waals surface area contributed by atoms with E-state index in [-0.39, 0.29) is 0 Å². The zero-order chi connectivity index (χ0) is 8.97. The van der Waals surface area contributed by atoms with Crippen molar-refractivity contribution < 1.29 is 0 Å². The van der Waals surface area contributed by atoms with Gasteiger partial charge in [-0.2, -0.15) is 12.6 Å². The molecule has 1 heterocycles. The van der Waals surface area contributed by atoms with E-state index in [0.717, 1.165) is 24.2 Å². The number of pyridine rings is 1. The number of halogens is 2. The van der Waals surface area contributed by atoms with Gasteiger partial charge in [-0.25, -0.2) is 4.98 Å². The molecule has 0 radical (unpaired) electrons. The highest BCUT2D eigenvalue weighted by Crippen LogP contribution is 2.15. The van der Waals surface area contributed by atoms with Crippen LogP contribution in [0.1, 0.15) is 12.0 Å². The van der Waals surface area contributed by atoms with E-state index in [0.29, 0.717) is 10.3 Å². The first-order valence-corrected chi connectivity index (χ1v) is 5.04. The van der Waals surface area contributed by atoms with Gasteiger partial charge in [0.05, 0.1) is 0 Å². The Morgan fingerprint density at radius 2 is 1.83 bits per heavy atom. The Balaban J connectivity index is 2.72. The van der Waals surface area contributed by atoms with Crippen molar-refractivity contribution in [1.82, 2.24) is 4.98 Å². The summed E-state index contributed by atoms with van der Waals surface area (Å²) in [6, 6.07) is 3.66. The summed E-state index contributed by atoms with van der Waals surface area (Å²) in [5, 5.41) is 0.910. The molecule has 0 fully saturated rings. The molecule has 0 N–H and O–H groups in total. The minimum atomic E-state index is 0.455. The molecule has 0 unspecified atom stereocenters. The number of rotatable bonds is 3. The van der Waals surface area contributed by atoms with Gasteiger partial charge in [0.25, 0.3) is 0 Å². The van der Waals surface area contributed by atoms with Gasteiger partial charge in [0.15, 0.2) is 0 Å². The lowest BCUT2D eigenvalue weighted by molar-refractivity contribution is 0.932. The average Bonchev–Trinajstić information content (AvgIpc) is 1.99. The molecule has 0 aliphatic carbocycles. The van der Waals surface area contributed by atoms with Crippen LogP contribution >= 0.6 is 35.8 Å². The summed E-state index contributed by atoms with van der Waals surface area (Å²) < 4.78 is 0. The second-order valence-corrected chi connectivity index (χ2v) is 3.67. The second kappa shape index (κ2) is 4.95. The number of hydrogen-bond acceptors (Lipinski definition) is 2. The molecule has 1 aromatic heterocycles. The molecule has 1 aromatic rings. The van der Waals surface area contributed by atoms with Gasteiger partial charge >= 0.3 is 0 Å². The van der Waals surface area contributed by atoms with Gasteiger partial charge in [0, 0.05) is 0 Å². The maximum Gasteiger partial charge on any atom is 0.131 e. The zero-order valence-electron chi connectivity index (χ0n) is 6.43. The fourth-order valence-electron chi connectivity index (χ4n) is 0.942. The van der Waals surface area contributed by atoms with E-state index in [1.807, 2.05) is 12.1 Å². The van der Waals surface area contributed by atoms with Crippen LogP contribution in [0.5, 0.6) is 0 Å². The molecule has 0 aliphatic rings. The topological polar surface area (TPSA) is 12.9 Å². The van der Waals surface area contributed by atoms with Crippen LogP contribution in [0.3, 0.4) is 0 Å². The maximum absolute atomic E-state index is 5.71. The standard InChI is InChI=1S/C8H9Cl2NS/c9-7-4-6(2-1-3-12)5-8(10)11-7/h4-5,12H,1-3H2. The third-order valence-corrected chi connectivity index (χ3v) is 2.15. The SMILES string of the molecule is SCCCc1cc(Cl)nc(Cl)c1. The van der Waals surface area contributed by atoms with Crippen LogP contribution < -0.4 is 0 Å². The summed E-state index contributed by atoms with van der Waals surface area (Å²) in [5.74, 6) is 0.873. The van der Waals surface area contributed by atoms with Crippen molar-refractivity contribution in [2.24, 2.45) is 0 Å². The van der Waals surface area contributed by atoms with Crippen LogP contribution in [0.15, 0.2) is 12.1 Å². The number of thiol groups is 1. The molecule has 0 bridgehead atoms. The largest absolute Gasteiger partial charge is 0.224 e. The first kappa shape index (κ1) is 10.2. The van der Waals surface area contributed by atoms with Crippen molar-refractivity contribution >= 4 is 35.8 Å². The molecule has 0 atom stereocenters. The smallest absolute Gasteiger partial charge is 0.131 e. The van der Waals surface area contributed by atoms with Crippen molar-refractivity contribution in [3.8, 4) is 0 Å².